The molecule has 0 saturated heterocycles. The van der Waals surface area contributed by atoms with Gasteiger partial charge in [0.1, 0.15) is 17.3 Å². The van der Waals surface area contributed by atoms with Crippen molar-refractivity contribution in [2.24, 2.45) is 0 Å². The van der Waals surface area contributed by atoms with Crippen molar-refractivity contribution < 1.29 is 9.13 Å². The maximum atomic E-state index is 12.8. The van der Waals surface area contributed by atoms with Gasteiger partial charge in [-0.15, -0.1) is 0 Å². The first-order chi connectivity index (χ1) is 11.3. The molecule has 0 aliphatic rings. The molecule has 0 aliphatic carbocycles. The molecule has 23 heavy (non-hydrogen) atoms. The van der Waals surface area contributed by atoms with Crippen LogP contribution in [0.25, 0.3) is 0 Å². The predicted molar refractivity (Wildman–Crippen MR) is 89.9 cm³/mol. The summed E-state index contributed by atoms with van der Waals surface area (Å²) in [5.41, 5.74) is 2.24. The number of halogens is 1. The maximum Gasteiger partial charge on any atom is 0.127 e. The van der Waals surface area contributed by atoms with Gasteiger partial charge in [0, 0.05) is 13.1 Å². The van der Waals surface area contributed by atoms with Crippen molar-refractivity contribution in [1.82, 2.24) is 5.32 Å². The van der Waals surface area contributed by atoms with E-state index in [9.17, 15) is 4.39 Å². The molecule has 0 spiro atoms. The zero-order valence-electron chi connectivity index (χ0n) is 12.7. The summed E-state index contributed by atoms with van der Waals surface area (Å²) in [6.45, 7) is 1.46. The average molecular weight is 307 g/mol. The summed E-state index contributed by atoms with van der Waals surface area (Å²) < 4.78 is 18.6. The molecule has 0 aromatic heterocycles. The highest BCUT2D eigenvalue weighted by atomic mass is 19.1. The number of hydrogen-bond acceptors (Lipinski definition) is 2. The fourth-order valence-corrected chi connectivity index (χ4v) is 2.25. The Morgan fingerprint density at radius 3 is 1.78 bits per heavy atom. The maximum absolute atomic E-state index is 12.8. The van der Waals surface area contributed by atoms with Crippen molar-refractivity contribution in [2.75, 3.05) is 0 Å². The van der Waals surface area contributed by atoms with Gasteiger partial charge in [0.25, 0.3) is 0 Å². The lowest BCUT2D eigenvalue weighted by atomic mass is 10.2. The van der Waals surface area contributed by atoms with Gasteiger partial charge in [-0.1, -0.05) is 42.5 Å². The molecule has 3 heteroatoms. The summed E-state index contributed by atoms with van der Waals surface area (Å²) in [6.07, 6.45) is 0. The molecule has 1 N–H and O–H groups in total. The molecule has 0 atom stereocenters. The molecule has 3 aromatic rings. The Balaban J connectivity index is 1.50. The van der Waals surface area contributed by atoms with Crippen LogP contribution in [0.4, 0.5) is 4.39 Å². The Hall–Kier alpha value is -2.65. The molecule has 2 nitrogen and oxygen atoms in total. The third-order valence-corrected chi connectivity index (χ3v) is 3.47. The highest BCUT2D eigenvalue weighted by Crippen LogP contribution is 2.21. The van der Waals surface area contributed by atoms with Crippen molar-refractivity contribution in [3.05, 3.63) is 95.8 Å². The first-order valence-corrected chi connectivity index (χ1v) is 7.56. The number of hydrogen-bond donors (Lipinski definition) is 1. The van der Waals surface area contributed by atoms with Gasteiger partial charge < -0.3 is 10.1 Å². The number of rotatable bonds is 6. The first-order valence-electron chi connectivity index (χ1n) is 7.56. The zero-order valence-corrected chi connectivity index (χ0v) is 12.7. The Kier molecular flexibility index (Phi) is 5.02. The Morgan fingerprint density at radius 2 is 1.17 bits per heavy atom. The van der Waals surface area contributed by atoms with Crippen molar-refractivity contribution in [2.45, 2.75) is 13.1 Å². The summed E-state index contributed by atoms with van der Waals surface area (Å²) in [5, 5.41) is 3.34. The van der Waals surface area contributed by atoms with Crippen LogP contribution in [-0.2, 0) is 13.1 Å². The lowest BCUT2D eigenvalue weighted by Gasteiger charge is -2.08. The Labute approximate surface area is 135 Å². The van der Waals surface area contributed by atoms with Gasteiger partial charge in [0.05, 0.1) is 0 Å². The molecular weight excluding hydrogens is 289 g/mol. The summed E-state index contributed by atoms with van der Waals surface area (Å²) in [6, 6.07) is 24.2. The number of nitrogens with one attached hydrogen (secondary N) is 1. The summed E-state index contributed by atoms with van der Waals surface area (Å²) in [7, 11) is 0. The van der Waals surface area contributed by atoms with E-state index in [0.29, 0.717) is 6.54 Å². The Morgan fingerprint density at radius 1 is 0.652 bits per heavy atom. The van der Waals surface area contributed by atoms with Gasteiger partial charge in [0.15, 0.2) is 0 Å². The van der Waals surface area contributed by atoms with E-state index in [2.05, 4.69) is 5.32 Å². The highest BCUT2D eigenvalue weighted by molar-refractivity contribution is 5.33. The summed E-state index contributed by atoms with van der Waals surface area (Å²) in [5.74, 6) is 1.44. The topological polar surface area (TPSA) is 21.3 Å². The summed E-state index contributed by atoms with van der Waals surface area (Å²) >= 11 is 0. The second-order valence-corrected chi connectivity index (χ2v) is 5.29. The molecule has 0 heterocycles. The van der Waals surface area contributed by atoms with E-state index in [-0.39, 0.29) is 5.82 Å². The number of para-hydroxylation sites is 1. The largest absolute Gasteiger partial charge is 0.457 e. The van der Waals surface area contributed by atoms with Crippen LogP contribution in [0.5, 0.6) is 11.5 Å². The van der Waals surface area contributed by atoms with Crippen LogP contribution in [0.2, 0.25) is 0 Å². The fourth-order valence-electron chi connectivity index (χ4n) is 2.25. The molecule has 0 unspecified atom stereocenters. The molecule has 0 bridgehead atoms. The second kappa shape index (κ2) is 7.56. The summed E-state index contributed by atoms with van der Waals surface area (Å²) in [4.78, 5) is 0. The molecule has 3 rings (SSSR count). The minimum atomic E-state index is -0.206. The fraction of sp³-hybridized carbons (Fsp3) is 0.100. The van der Waals surface area contributed by atoms with E-state index in [4.69, 9.17) is 4.74 Å². The molecule has 0 aliphatic heterocycles. The zero-order chi connectivity index (χ0) is 15.9. The Bertz CT molecular complexity index is 724. The molecule has 0 saturated carbocycles. The van der Waals surface area contributed by atoms with Crippen LogP contribution in [0.3, 0.4) is 0 Å². The lowest BCUT2D eigenvalue weighted by molar-refractivity contribution is 0.482. The lowest BCUT2D eigenvalue weighted by Crippen LogP contribution is -2.12. The molecule has 0 fully saturated rings. The number of benzene rings is 3. The van der Waals surface area contributed by atoms with Gasteiger partial charge in [-0.2, -0.15) is 0 Å². The highest BCUT2D eigenvalue weighted by Gasteiger charge is 1.98. The van der Waals surface area contributed by atoms with Crippen molar-refractivity contribution >= 4 is 0 Å². The van der Waals surface area contributed by atoms with E-state index in [1.54, 1.807) is 12.1 Å². The molecule has 0 amide bonds. The monoisotopic (exact) mass is 307 g/mol. The van der Waals surface area contributed by atoms with Crippen molar-refractivity contribution in [3.63, 3.8) is 0 Å². The SMILES string of the molecule is Fc1ccc(CNCc2ccc(Oc3ccccc3)cc2)cc1. The van der Waals surface area contributed by atoms with Crippen molar-refractivity contribution in [3.8, 4) is 11.5 Å². The van der Waals surface area contributed by atoms with E-state index >= 15 is 0 Å². The normalized spacial score (nSPS) is 10.5. The van der Waals surface area contributed by atoms with Gasteiger partial charge in [-0.05, 0) is 47.5 Å². The van der Waals surface area contributed by atoms with Gasteiger partial charge >= 0.3 is 0 Å². The molecule has 0 radical (unpaired) electrons. The van der Waals surface area contributed by atoms with E-state index < -0.39 is 0 Å². The quantitative estimate of drug-likeness (QED) is 0.699. The van der Waals surface area contributed by atoms with Crippen LogP contribution >= 0.6 is 0 Å². The van der Waals surface area contributed by atoms with Crippen molar-refractivity contribution in [1.29, 1.82) is 0 Å². The molecular formula is C20H18FNO. The van der Waals surface area contributed by atoms with Crippen LogP contribution < -0.4 is 10.1 Å². The van der Waals surface area contributed by atoms with Gasteiger partial charge in [-0.25, -0.2) is 4.39 Å². The second-order valence-electron chi connectivity index (χ2n) is 5.29. The number of ether oxygens (including phenoxy) is 1. The standard InChI is InChI=1S/C20H18FNO/c21-18-10-6-16(7-11-18)14-22-15-17-8-12-20(13-9-17)23-19-4-2-1-3-5-19/h1-13,22H,14-15H2. The first kappa shape index (κ1) is 15.3. The van der Waals surface area contributed by atoms with Crippen LogP contribution in [0.15, 0.2) is 78.9 Å². The van der Waals surface area contributed by atoms with Crippen LogP contribution in [-0.4, -0.2) is 0 Å². The average Bonchev–Trinajstić information content (AvgIpc) is 2.59. The third kappa shape index (κ3) is 4.66. The third-order valence-electron chi connectivity index (χ3n) is 3.47. The van der Waals surface area contributed by atoms with E-state index in [0.717, 1.165) is 23.6 Å². The van der Waals surface area contributed by atoms with E-state index in [1.807, 2.05) is 54.6 Å². The minimum absolute atomic E-state index is 0.206. The van der Waals surface area contributed by atoms with Crippen LogP contribution in [0, 0.1) is 5.82 Å². The predicted octanol–water partition coefficient (Wildman–Crippen LogP) is 4.91. The van der Waals surface area contributed by atoms with E-state index in [1.165, 1.54) is 17.7 Å². The van der Waals surface area contributed by atoms with Gasteiger partial charge in [0.2, 0.25) is 0 Å². The minimum Gasteiger partial charge on any atom is -0.457 e. The van der Waals surface area contributed by atoms with Crippen LogP contribution in [0.1, 0.15) is 11.1 Å². The molecule has 116 valence electrons. The molecule has 3 aromatic carbocycles. The smallest absolute Gasteiger partial charge is 0.127 e. The van der Waals surface area contributed by atoms with Gasteiger partial charge in [-0.3, -0.25) is 0 Å².